The fourth-order valence-electron chi connectivity index (χ4n) is 2.29. The number of hydrogen-bond donors (Lipinski definition) is 1. The van der Waals surface area contributed by atoms with Gasteiger partial charge in [-0.05, 0) is 37.0 Å². The van der Waals surface area contributed by atoms with Crippen molar-refractivity contribution in [3.8, 4) is 6.07 Å². The number of rotatable bonds is 1. The smallest absolute Gasteiger partial charge is 0.321 e. The van der Waals surface area contributed by atoms with E-state index >= 15 is 0 Å². The molecule has 0 aromatic heterocycles. The Labute approximate surface area is 121 Å². The van der Waals surface area contributed by atoms with E-state index in [1.165, 1.54) is 6.42 Å². The number of benzene rings is 1. The van der Waals surface area contributed by atoms with Crippen LogP contribution in [0.2, 0.25) is 0 Å². The highest BCUT2D eigenvalue weighted by atomic mass is 79.9. The number of nitriles is 1. The predicted octanol–water partition coefficient (Wildman–Crippen LogP) is 3.58. The molecule has 1 heterocycles. The number of piperidine rings is 1. The molecule has 1 atom stereocenters. The number of hydrogen-bond acceptors (Lipinski definition) is 2. The Bertz CT molecular complexity index is 524. The summed E-state index contributed by atoms with van der Waals surface area (Å²) in [5, 5.41) is 11.9. The molecule has 2 rings (SSSR count). The van der Waals surface area contributed by atoms with Gasteiger partial charge in [-0.3, -0.25) is 0 Å². The molecular formula is C14H16BrN3O. The third-order valence-corrected chi connectivity index (χ3v) is 3.78. The molecule has 1 saturated heterocycles. The molecule has 1 aromatic carbocycles. The topological polar surface area (TPSA) is 56.1 Å². The van der Waals surface area contributed by atoms with Crippen LogP contribution in [0.4, 0.5) is 10.5 Å². The normalized spacial score (nSPS) is 18.8. The van der Waals surface area contributed by atoms with Gasteiger partial charge >= 0.3 is 6.03 Å². The average Bonchev–Trinajstić information content (AvgIpc) is 2.40. The third-order valence-electron chi connectivity index (χ3n) is 3.29. The summed E-state index contributed by atoms with van der Waals surface area (Å²) in [7, 11) is 0. The van der Waals surface area contributed by atoms with E-state index < -0.39 is 0 Å². The van der Waals surface area contributed by atoms with Gasteiger partial charge in [-0.1, -0.05) is 22.9 Å². The van der Waals surface area contributed by atoms with Gasteiger partial charge in [0.15, 0.2) is 0 Å². The van der Waals surface area contributed by atoms with Crippen LogP contribution in [0.25, 0.3) is 0 Å². The van der Waals surface area contributed by atoms with Crippen molar-refractivity contribution in [2.24, 2.45) is 5.92 Å². The molecule has 2 amide bonds. The number of likely N-dealkylation sites (tertiary alicyclic amines) is 1. The average molecular weight is 322 g/mol. The van der Waals surface area contributed by atoms with Gasteiger partial charge in [0, 0.05) is 17.6 Å². The molecule has 0 spiro atoms. The molecule has 0 radical (unpaired) electrons. The van der Waals surface area contributed by atoms with Crippen LogP contribution in [-0.2, 0) is 0 Å². The van der Waals surface area contributed by atoms with Gasteiger partial charge in [-0.2, -0.15) is 5.26 Å². The van der Waals surface area contributed by atoms with Crippen molar-refractivity contribution in [1.82, 2.24) is 4.90 Å². The zero-order chi connectivity index (χ0) is 13.8. The van der Waals surface area contributed by atoms with Crippen LogP contribution in [-0.4, -0.2) is 24.0 Å². The van der Waals surface area contributed by atoms with E-state index in [2.05, 4.69) is 34.2 Å². The minimum Gasteiger partial charge on any atom is -0.324 e. The van der Waals surface area contributed by atoms with Crippen LogP contribution in [0.5, 0.6) is 0 Å². The first-order chi connectivity index (χ1) is 9.10. The third kappa shape index (κ3) is 3.48. The van der Waals surface area contributed by atoms with Crippen molar-refractivity contribution in [1.29, 1.82) is 5.26 Å². The van der Waals surface area contributed by atoms with Crippen LogP contribution in [0.1, 0.15) is 25.3 Å². The lowest BCUT2D eigenvalue weighted by molar-refractivity contribution is 0.182. The predicted molar refractivity (Wildman–Crippen MR) is 77.8 cm³/mol. The van der Waals surface area contributed by atoms with E-state index in [-0.39, 0.29) is 6.03 Å². The monoisotopic (exact) mass is 321 g/mol. The fourth-order valence-corrected chi connectivity index (χ4v) is 2.65. The molecule has 1 aliphatic rings. The summed E-state index contributed by atoms with van der Waals surface area (Å²) >= 11 is 3.31. The number of halogens is 1. The van der Waals surface area contributed by atoms with Crippen LogP contribution in [0, 0.1) is 17.2 Å². The van der Waals surface area contributed by atoms with Crippen molar-refractivity contribution in [3.63, 3.8) is 0 Å². The van der Waals surface area contributed by atoms with Crippen molar-refractivity contribution in [3.05, 3.63) is 28.2 Å². The Balaban J connectivity index is 2.08. The van der Waals surface area contributed by atoms with Gasteiger partial charge in [0.1, 0.15) is 6.07 Å². The van der Waals surface area contributed by atoms with Crippen molar-refractivity contribution < 1.29 is 4.79 Å². The Morgan fingerprint density at radius 1 is 1.58 bits per heavy atom. The molecule has 1 N–H and O–H groups in total. The maximum atomic E-state index is 12.2. The second-order valence-electron chi connectivity index (χ2n) is 4.93. The molecule has 0 saturated carbocycles. The summed E-state index contributed by atoms with van der Waals surface area (Å²) in [6.45, 7) is 3.72. The maximum absolute atomic E-state index is 12.2. The second kappa shape index (κ2) is 6.07. The largest absolute Gasteiger partial charge is 0.324 e. The molecule has 1 fully saturated rings. The zero-order valence-corrected chi connectivity index (χ0v) is 12.4. The number of amides is 2. The molecule has 19 heavy (non-hydrogen) atoms. The molecule has 0 aliphatic carbocycles. The van der Waals surface area contributed by atoms with Gasteiger partial charge < -0.3 is 10.2 Å². The Morgan fingerprint density at radius 2 is 2.37 bits per heavy atom. The number of nitrogens with one attached hydrogen (secondary N) is 1. The van der Waals surface area contributed by atoms with Gasteiger partial charge in [-0.15, -0.1) is 0 Å². The highest BCUT2D eigenvalue weighted by Crippen LogP contribution is 2.22. The number of anilines is 1. The minimum absolute atomic E-state index is 0.120. The van der Waals surface area contributed by atoms with E-state index in [4.69, 9.17) is 5.26 Å². The molecular weight excluding hydrogens is 306 g/mol. The molecule has 1 unspecified atom stereocenters. The lowest BCUT2D eigenvalue weighted by Crippen LogP contribution is -2.41. The van der Waals surface area contributed by atoms with Gasteiger partial charge in [0.05, 0.1) is 11.3 Å². The van der Waals surface area contributed by atoms with Gasteiger partial charge in [-0.25, -0.2) is 4.79 Å². The van der Waals surface area contributed by atoms with Crippen LogP contribution < -0.4 is 5.32 Å². The standard InChI is InChI=1S/C14H16BrN3O/c1-10-3-2-6-18(9-10)14(19)17-13-5-4-12(15)7-11(13)8-16/h4-5,7,10H,2-3,6,9H2,1H3,(H,17,19). The first kappa shape index (κ1) is 13.9. The van der Waals surface area contributed by atoms with E-state index in [1.807, 2.05) is 11.0 Å². The van der Waals surface area contributed by atoms with E-state index in [9.17, 15) is 4.79 Å². The summed E-state index contributed by atoms with van der Waals surface area (Å²) in [5.74, 6) is 0.542. The maximum Gasteiger partial charge on any atom is 0.321 e. The van der Waals surface area contributed by atoms with Crippen molar-refractivity contribution in [2.75, 3.05) is 18.4 Å². The summed E-state index contributed by atoms with van der Waals surface area (Å²) in [4.78, 5) is 14.0. The van der Waals surface area contributed by atoms with Gasteiger partial charge in [0.25, 0.3) is 0 Å². The van der Waals surface area contributed by atoms with Crippen molar-refractivity contribution >= 4 is 27.6 Å². The summed E-state index contributed by atoms with van der Waals surface area (Å²) in [6, 6.07) is 7.23. The Kier molecular flexibility index (Phi) is 4.43. The van der Waals surface area contributed by atoms with Gasteiger partial charge in [0.2, 0.25) is 0 Å². The zero-order valence-electron chi connectivity index (χ0n) is 10.8. The van der Waals surface area contributed by atoms with E-state index in [0.29, 0.717) is 17.2 Å². The quantitative estimate of drug-likeness (QED) is 0.859. The second-order valence-corrected chi connectivity index (χ2v) is 5.84. The lowest BCUT2D eigenvalue weighted by Gasteiger charge is -2.31. The lowest BCUT2D eigenvalue weighted by atomic mass is 10.0. The van der Waals surface area contributed by atoms with Crippen LogP contribution >= 0.6 is 15.9 Å². The minimum atomic E-state index is -0.120. The highest BCUT2D eigenvalue weighted by molar-refractivity contribution is 9.10. The fraction of sp³-hybridized carbons (Fsp3) is 0.429. The summed E-state index contributed by atoms with van der Waals surface area (Å²) < 4.78 is 0.827. The number of urea groups is 1. The number of carbonyl (C=O) groups excluding carboxylic acids is 1. The van der Waals surface area contributed by atoms with Crippen LogP contribution in [0.3, 0.4) is 0 Å². The summed E-state index contributed by atoms with van der Waals surface area (Å²) in [6.07, 6.45) is 2.21. The van der Waals surface area contributed by atoms with Crippen LogP contribution in [0.15, 0.2) is 22.7 Å². The SMILES string of the molecule is CC1CCCN(C(=O)Nc2ccc(Br)cc2C#N)C1. The molecule has 0 bridgehead atoms. The molecule has 100 valence electrons. The number of nitrogens with zero attached hydrogens (tertiary/aromatic N) is 2. The molecule has 5 heteroatoms. The molecule has 1 aromatic rings. The van der Waals surface area contributed by atoms with E-state index in [0.717, 1.165) is 24.0 Å². The first-order valence-corrected chi connectivity index (χ1v) is 7.15. The summed E-state index contributed by atoms with van der Waals surface area (Å²) in [5.41, 5.74) is 1.03. The first-order valence-electron chi connectivity index (χ1n) is 6.35. The van der Waals surface area contributed by atoms with Crippen molar-refractivity contribution in [2.45, 2.75) is 19.8 Å². The molecule has 1 aliphatic heterocycles. The number of carbonyl (C=O) groups is 1. The van der Waals surface area contributed by atoms with E-state index in [1.54, 1.807) is 12.1 Å². The Hall–Kier alpha value is -1.54. The Morgan fingerprint density at radius 3 is 3.05 bits per heavy atom. The molecule has 4 nitrogen and oxygen atoms in total. The highest BCUT2D eigenvalue weighted by Gasteiger charge is 2.21.